The van der Waals surface area contributed by atoms with Crippen molar-refractivity contribution in [2.75, 3.05) is 29.7 Å². The summed E-state index contributed by atoms with van der Waals surface area (Å²) in [7, 11) is -3.04. The highest BCUT2D eigenvalue weighted by Gasteiger charge is 2.39. The lowest BCUT2D eigenvalue weighted by Crippen LogP contribution is -2.50. The molecule has 1 atom stereocenters. The Morgan fingerprint density at radius 2 is 2.28 bits per heavy atom. The van der Waals surface area contributed by atoms with Crippen LogP contribution >= 0.6 is 11.8 Å². The number of rotatable bonds is 3. The van der Waals surface area contributed by atoms with Gasteiger partial charge in [0.15, 0.2) is 9.84 Å². The minimum absolute atomic E-state index is 0.0153. The molecule has 2 fully saturated rings. The van der Waals surface area contributed by atoms with Crippen LogP contribution in [0.1, 0.15) is 13.3 Å². The van der Waals surface area contributed by atoms with Gasteiger partial charge in [0, 0.05) is 0 Å². The molecule has 0 spiro atoms. The minimum Gasteiger partial charge on any atom is -0.348 e. The Balaban J connectivity index is 1.90. The molecule has 0 aromatic heterocycles. The molecule has 2 aliphatic rings. The molecule has 0 radical (unpaired) electrons. The summed E-state index contributed by atoms with van der Waals surface area (Å²) in [5, 5.41) is 2.74. The van der Waals surface area contributed by atoms with E-state index in [1.807, 2.05) is 0 Å². The SMILES string of the molecule is CC1(NC(=O)CN2CSCC2=O)CCS(=O)(=O)C1. The van der Waals surface area contributed by atoms with Gasteiger partial charge in [-0.05, 0) is 13.3 Å². The molecule has 102 valence electrons. The molecule has 2 saturated heterocycles. The summed E-state index contributed by atoms with van der Waals surface area (Å²) >= 11 is 1.47. The summed E-state index contributed by atoms with van der Waals surface area (Å²) < 4.78 is 22.8. The number of carbonyl (C=O) groups excluding carboxylic acids is 2. The summed E-state index contributed by atoms with van der Waals surface area (Å²) in [6.45, 7) is 1.75. The lowest BCUT2D eigenvalue weighted by Gasteiger charge is -2.25. The van der Waals surface area contributed by atoms with Crippen molar-refractivity contribution < 1.29 is 18.0 Å². The molecule has 0 aliphatic carbocycles. The maximum atomic E-state index is 11.8. The van der Waals surface area contributed by atoms with Crippen LogP contribution in [0.4, 0.5) is 0 Å². The molecule has 0 aromatic rings. The van der Waals surface area contributed by atoms with Gasteiger partial charge in [0.05, 0.1) is 28.7 Å². The predicted molar refractivity (Wildman–Crippen MR) is 68.9 cm³/mol. The number of amides is 2. The predicted octanol–water partition coefficient (Wildman–Crippen LogP) is -0.787. The summed E-state index contributed by atoms with van der Waals surface area (Å²) in [6.07, 6.45) is 0.434. The highest BCUT2D eigenvalue weighted by Crippen LogP contribution is 2.23. The van der Waals surface area contributed by atoms with Gasteiger partial charge in [0.25, 0.3) is 0 Å². The Morgan fingerprint density at radius 3 is 2.78 bits per heavy atom. The van der Waals surface area contributed by atoms with E-state index in [0.717, 1.165) is 0 Å². The van der Waals surface area contributed by atoms with E-state index in [4.69, 9.17) is 0 Å². The summed E-state index contributed by atoms with van der Waals surface area (Å²) in [6, 6.07) is 0. The molecule has 0 bridgehead atoms. The molecule has 18 heavy (non-hydrogen) atoms. The van der Waals surface area contributed by atoms with E-state index in [1.165, 1.54) is 16.7 Å². The average molecular weight is 292 g/mol. The minimum atomic E-state index is -3.04. The number of nitrogens with one attached hydrogen (secondary N) is 1. The largest absolute Gasteiger partial charge is 0.348 e. The molecule has 1 unspecified atom stereocenters. The third-order valence-electron chi connectivity index (χ3n) is 3.10. The molecule has 0 aromatic carbocycles. The molecule has 2 amide bonds. The van der Waals surface area contributed by atoms with E-state index in [0.29, 0.717) is 18.1 Å². The van der Waals surface area contributed by atoms with Crippen LogP contribution in [0.3, 0.4) is 0 Å². The molecule has 2 heterocycles. The molecule has 0 saturated carbocycles. The van der Waals surface area contributed by atoms with E-state index in [9.17, 15) is 18.0 Å². The normalized spacial score (nSPS) is 30.7. The van der Waals surface area contributed by atoms with Crippen molar-refractivity contribution in [3.05, 3.63) is 0 Å². The molecule has 6 nitrogen and oxygen atoms in total. The highest BCUT2D eigenvalue weighted by atomic mass is 32.2. The molecular formula is C10H16N2O4S2. The zero-order valence-electron chi connectivity index (χ0n) is 10.1. The van der Waals surface area contributed by atoms with Crippen LogP contribution in [0.5, 0.6) is 0 Å². The Hall–Kier alpha value is -0.760. The fraction of sp³-hybridized carbons (Fsp3) is 0.800. The third kappa shape index (κ3) is 3.17. The maximum absolute atomic E-state index is 11.8. The number of sulfone groups is 1. The van der Waals surface area contributed by atoms with Gasteiger partial charge < -0.3 is 10.2 Å². The second kappa shape index (κ2) is 4.73. The Bertz CT molecular complexity index is 476. The third-order valence-corrected chi connectivity index (χ3v) is 5.95. The number of nitrogens with zero attached hydrogens (tertiary/aromatic N) is 1. The summed E-state index contributed by atoms with van der Waals surface area (Å²) in [4.78, 5) is 24.6. The first-order valence-electron chi connectivity index (χ1n) is 5.67. The van der Waals surface area contributed by atoms with E-state index in [-0.39, 0.29) is 29.9 Å². The van der Waals surface area contributed by atoms with Gasteiger partial charge in [0.2, 0.25) is 11.8 Å². The van der Waals surface area contributed by atoms with Gasteiger partial charge in [-0.3, -0.25) is 9.59 Å². The first-order chi connectivity index (χ1) is 8.30. The van der Waals surface area contributed by atoms with Gasteiger partial charge in [-0.1, -0.05) is 0 Å². The number of hydrogen-bond donors (Lipinski definition) is 1. The first-order valence-corrected chi connectivity index (χ1v) is 8.64. The van der Waals surface area contributed by atoms with E-state index in [2.05, 4.69) is 5.32 Å². The van der Waals surface area contributed by atoms with Crippen LogP contribution < -0.4 is 5.32 Å². The molecule has 8 heteroatoms. The van der Waals surface area contributed by atoms with Crippen molar-refractivity contribution in [3.8, 4) is 0 Å². The monoisotopic (exact) mass is 292 g/mol. The molecule has 2 rings (SSSR count). The summed E-state index contributed by atoms with van der Waals surface area (Å²) in [5.74, 6) is 0.710. The quantitative estimate of drug-likeness (QED) is 0.737. The Morgan fingerprint density at radius 1 is 1.56 bits per heavy atom. The van der Waals surface area contributed by atoms with Gasteiger partial charge >= 0.3 is 0 Å². The smallest absolute Gasteiger partial charge is 0.240 e. The molecule has 2 aliphatic heterocycles. The lowest BCUT2D eigenvalue weighted by molar-refractivity contribution is -0.133. The number of hydrogen-bond acceptors (Lipinski definition) is 5. The van der Waals surface area contributed by atoms with Crippen molar-refractivity contribution in [2.45, 2.75) is 18.9 Å². The Labute approximate surface area is 110 Å². The zero-order valence-corrected chi connectivity index (χ0v) is 11.8. The molecule has 1 N–H and O–H groups in total. The second-order valence-corrected chi connectivity index (χ2v) is 8.16. The van der Waals surface area contributed by atoms with Crippen molar-refractivity contribution in [2.24, 2.45) is 0 Å². The number of thioether (sulfide) groups is 1. The number of carbonyl (C=O) groups is 2. The zero-order chi connectivity index (χ0) is 13.4. The van der Waals surface area contributed by atoms with E-state index >= 15 is 0 Å². The van der Waals surface area contributed by atoms with Crippen molar-refractivity contribution >= 4 is 33.4 Å². The van der Waals surface area contributed by atoms with Gasteiger partial charge in [-0.2, -0.15) is 0 Å². The van der Waals surface area contributed by atoms with Crippen molar-refractivity contribution in [1.82, 2.24) is 10.2 Å². The maximum Gasteiger partial charge on any atom is 0.240 e. The van der Waals surface area contributed by atoms with E-state index < -0.39 is 15.4 Å². The van der Waals surface area contributed by atoms with Crippen LogP contribution in [0.25, 0.3) is 0 Å². The van der Waals surface area contributed by atoms with E-state index in [1.54, 1.807) is 6.92 Å². The summed E-state index contributed by atoms with van der Waals surface area (Å²) in [5.41, 5.74) is -0.689. The van der Waals surface area contributed by atoms with Gasteiger partial charge in [-0.15, -0.1) is 11.8 Å². The first kappa shape index (κ1) is 13.7. The van der Waals surface area contributed by atoms with Crippen molar-refractivity contribution in [3.63, 3.8) is 0 Å². The second-order valence-electron chi connectivity index (χ2n) is 5.02. The fourth-order valence-corrected chi connectivity index (χ4v) is 5.20. The molecular weight excluding hydrogens is 276 g/mol. The van der Waals surface area contributed by atoms with Crippen LogP contribution in [0.15, 0.2) is 0 Å². The standard InChI is InChI=1S/C10H16N2O4S2/c1-10(2-3-18(15,16)6-10)11-8(13)4-12-7-17-5-9(12)14/h2-7H2,1H3,(H,11,13). The van der Waals surface area contributed by atoms with Crippen molar-refractivity contribution in [1.29, 1.82) is 0 Å². The Kier molecular flexibility index (Phi) is 3.59. The van der Waals surface area contributed by atoms with Gasteiger partial charge in [0.1, 0.15) is 6.54 Å². The fourth-order valence-electron chi connectivity index (χ4n) is 2.20. The van der Waals surface area contributed by atoms with Crippen LogP contribution in [0, 0.1) is 0 Å². The lowest BCUT2D eigenvalue weighted by atomic mass is 10.0. The van der Waals surface area contributed by atoms with Crippen LogP contribution in [-0.4, -0.2) is 60.4 Å². The van der Waals surface area contributed by atoms with Crippen LogP contribution in [0.2, 0.25) is 0 Å². The van der Waals surface area contributed by atoms with Crippen LogP contribution in [-0.2, 0) is 19.4 Å². The van der Waals surface area contributed by atoms with Gasteiger partial charge in [-0.25, -0.2) is 8.42 Å². The average Bonchev–Trinajstić information content (AvgIpc) is 2.72. The topological polar surface area (TPSA) is 83.6 Å². The highest BCUT2D eigenvalue weighted by molar-refractivity contribution is 8.00.